The molecule has 12 heavy (non-hydrogen) atoms. The predicted molar refractivity (Wildman–Crippen MR) is 53.8 cm³/mol. The van der Waals surface area contributed by atoms with Crippen LogP contribution in [0.3, 0.4) is 0 Å². The summed E-state index contributed by atoms with van der Waals surface area (Å²) >= 11 is 1.05. The predicted octanol–water partition coefficient (Wildman–Crippen LogP) is 1.24. The third kappa shape index (κ3) is 7.17. The molecule has 1 atom stereocenters. The first-order chi connectivity index (χ1) is 5.49. The Balaban J connectivity index is 3.48. The molecule has 0 aromatic heterocycles. The molecule has 0 aliphatic carbocycles. The van der Waals surface area contributed by atoms with Crippen molar-refractivity contribution in [3.63, 3.8) is 0 Å². The zero-order valence-corrected chi connectivity index (χ0v) is 9.66. The molecule has 0 fully saturated rings. The molecule has 0 saturated carbocycles. The third-order valence-electron chi connectivity index (χ3n) is 1.63. The monoisotopic (exact) mass is 210 g/mol. The first kappa shape index (κ1) is 12.5. The lowest BCUT2D eigenvalue weighted by Crippen LogP contribution is -2.25. The van der Waals surface area contributed by atoms with Gasteiger partial charge < -0.3 is 14.4 Å². The fraction of sp³-hybridized carbons (Fsp3) is 1.00. The van der Waals surface area contributed by atoms with Crippen molar-refractivity contribution in [3.05, 3.63) is 0 Å². The Labute approximate surface area is 78.7 Å². The molecule has 0 heterocycles. The van der Waals surface area contributed by atoms with E-state index in [-0.39, 0.29) is 0 Å². The molecule has 74 valence electrons. The summed E-state index contributed by atoms with van der Waals surface area (Å²) in [4.78, 5) is 13.0. The van der Waals surface area contributed by atoms with Crippen LogP contribution in [0, 0.1) is 0 Å². The van der Waals surface area contributed by atoms with Crippen molar-refractivity contribution in [2.24, 2.45) is 0 Å². The molecule has 1 unspecified atom stereocenters. The highest BCUT2D eigenvalue weighted by atomic mass is 32.7. The van der Waals surface area contributed by atoms with Crippen LogP contribution in [0.15, 0.2) is 0 Å². The Hall–Kier alpha value is 0.500. The van der Waals surface area contributed by atoms with Gasteiger partial charge in [0.1, 0.15) is 0 Å². The van der Waals surface area contributed by atoms with E-state index >= 15 is 0 Å². The smallest absolute Gasteiger partial charge is 0.0652 e. The molecule has 0 aromatic rings. The molecule has 0 spiro atoms. The molecule has 3 nitrogen and oxygen atoms in total. The van der Waals surface area contributed by atoms with Gasteiger partial charge in [-0.2, -0.15) is 0 Å². The SMILES string of the molecule is CCN(CC)CCSP(C)(=O)[O-]. The number of hydrogen-bond donors (Lipinski definition) is 0. The van der Waals surface area contributed by atoms with Crippen LogP contribution in [0.25, 0.3) is 0 Å². The summed E-state index contributed by atoms with van der Waals surface area (Å²) in [7, 11) is 0. The number of rotatable bonds is 6. The average Bonchev–Trinajstić information content (AvgIpc) is 1.96. The summed E-state index contributed by atoms with van der Waals surface area (Å²) in [5.74, 6) is 0.680. The van der Waals surface area contributed by atoms with Crippen molar-refractivity contribution >= 4 is 18.0 Å². The minimum Gasteiger partial charge on any atom is -0.792 e. The van der Waals surface area contributed by atoms with Crippen molar-refractivity contribution in [2.45, 2.75) is 13.8 Å². The molecule has 0 saturated heterocycles. The summed E-state index contributed by atoms with van der Waals surface area (Å²) < 4.78 is 10.8. The molecule has 0 aliphatic rings. The molecule has 0 aliphatic heterocycles. The van der Waals surface area contributed by atoms with Crippen molar-refractivity contribution < 1.29 is 9.46 Å². The third-order valence-corrected chi connectivity index (χ3v) is 4.42. The summed E-state index contributed by atoms with van der Waals surface area (Å²) in [6, 6.07) is 0. The van der Waals surface area contributed by atoms with E-state index in [1.54, 1.807) is 0 Å². The summed E-state index contributed by atoms with van der Waals surface area (Å²) in [5, 5.41) is 0. The van der Waals surface area contributed by atoms with Crippen molar-refractivity contribution in [1.82, 2.24) is 4.90 Å². The molecular formula is C7H17NO2PS-. The van der Waals surface area contributed by atoms with Crippen LogP contribution in [-0.2, 0) is 4.57 Å². The maximum Gasteiger partial charge on any atom is 0.0652 e. The molecule has 0 bridgehead atoms. The first-order valence-electron chi connectivity index (χ1n) is 4.15. The van der Waals surface area contributed by atoms with Crippen molar-refractivity contribution in [3.8, 4) is 0 Å². The maximum atomic E-state index is 10.8. The highest BCUT2D eigenvalue weighted by molar-refractivity contribution is 8.55. The second-order valence-corrected chi connectivity index (χ2v) is 7.61. The van der Waals surface area contributed by atoms with E-state index in [1.807, 2.05) is 0 Å². The van der Waals surface area contributed by atoms with E-state index in [9.17, 15) is 9.46 Å². The fourth-order valence-corrected chi connectivity index (χ4v) is 2.79. The minimum atomic E-state index is -3.10. The topological polar surface area (TPSA) is 43.4 Å². The van der Waals surface area contributed by atoms with Gasteiger partial charge in [-0.3, -0.25) is 0 Å². The van der Waals surface area contributed by atoms with Gasteiger partial charge in [-0.1, -0.05) is 13.8 Å². The van der Waals surface area contributed by atoms with Crippen LogP contribution in [0.4, 0.5) is 0 Å². The molecule has 0 radical (unpaired) electrons. The Morgan fingerprint density at radius 3 is 2.25 bits per heavy atom. The van der Waals surface area contributed by atoms with Gasteiger partial charge in [0.25, 0.3) is 0 Å². The lowest BCUT2D eigenvalue weighted by Gasteiger charge is -2.21. The van der Waals surface area contributed by atoms with E-state index in [0.717, 1.165) is 31.0 Å². The summed E-state index contributed by atoms with van der Waals surface area (Å²) in [6.45, 7) is 5.17. The zero-order chi connectivity index (χ0) is 9.61. The van der Waals surface area contributed by atoms with E-state index in [0.29, 0.717) is 5.75 Å². The van der Waals surface area contributed by atoms with Crippen LogP contribution in [0.5, 0.6) is 0 Å². The summed E-state index contributed by atoms with van der Waals surface area (Å²) in [6.07, 6.45) is 0. The van der Waals surface area contributed by atoms with Gasteiger partial charge in [0.2, 0.25) is 0 Å². The first-order valence-corrected chi connectivity index (χ1v) is 7.81. The Bertz CT molecular complexity index is 155. The van der Waals surface area contributed by atoms with Gasteiger partial charge in [-0.15, -0.1) is 11.4 Å². The van der Waals surface area contributed by atoms with Crippen LogP contribution >= 0.6 is 18.0 Å². The van der Waals surface area contributed by atoms with Gasteiger partial charge in [0.05, 0.1) is 6.57 Å². The Kier molecular flexibility index (Phi) is 6.28. The van der Waals surface area contributed by atoms with E-state index in [2.05, 4.69) is 18.7 Å². The quantitative estimate of drug-likeness (QED) is 0.619. The highest BCUT2D eigenvalue weighted by Gasteiger charge is 2.02. The molecule has 0 amide bonds. The van der Waals surface area contributed by atoms with E-state index in [4.69, 9.17) is 0 Å². The summed E-state index contributed by atoms with van der Waals surface area (Å²) in [5.41, 5.74) is 0. The fourth-order valence-electron chi connectivity index (χ4n) is 0.876. The molecule has 0 N–H and O–H groups in total. The number of hydrogen-bond acceptors (Lipinski definition) is 4. The van der Waals surface area contributed by atoms with Crippen molar-refractivity contribution in [1.29, 1.82) is 0 Å². The van der Waals surface area contributed by atoms with Crippen LogP contribution in [-0.4, -0.2) is 37.0 Å². The molecular weight excluding hydrogens is 193 g/mol. The molecule has 0 aromatic carbocycles. The normalized spacial score (nSPS) is 16.4. The average molecular weight is 210 g/mol. The van der Waals surface area contributed by atoms with Gasteiger partial charge in [0, 0.05) is 12.3 Å². The van der Waals surface area contributed by atoms with Crippen molar-refractivity contribution in [2.75, 3.05) is 32.1 Å². The van der Waals surface area contributed by atoms with Crippen LogP contribution in [0.1, 0.15) is 13.8 Å². The van der Waals surface area contributed by atoms with Gasteiger partial charge in [-0.05, 0) is 19.8 Å². The second kappa shape index (κ2) is 6.03. The molecule has 0 rings (SSSR count). The lowest BCUT2D eigenvalue weighted by atomic mass is 10.5. The highest BCUT2D eigenvalue weighted by Crippen LogP contribution is 2.45. The Morgan fingerprint density at radius 2 is 1.92 bits per heavy atom. The van der Waals surface area contributed by atoms with Gasteiger partial charge >= 0.3 is 0 Å². The minimum absolute atomic E-state index is 0.680. The van der Waals surface area contributed by atoms with Gasteiger partial charge in [-0.25, -0.2) is 0 Å². The molecule has 5 heteroatoms. The van der Waals surface area contributed by atoms with E-state index < -0.39 is 6.57 Å². The second-order valence-electron chi connectivity index (χ2n) is 2.63. The van der Waals surface area contributed by atoms with E-state index in [1.165, 1.54) is 6.66 Å². The lowest BCUT2D eigenvalue weighted by molar-refractivity contribution is -0.166. The largest absolute Gasteiger partial charge is 0.792 e. The Morgan fingerprint density at radius 1 is 1.42 bits per heavy atom. The number of nitrogens with zero attached hydrogens (tertiary/aromatic N) is 1. The van der Waals surface area contributed by atoms with Crippen LogP contribution < -0.4 is 4.89 Å². The maximum absolute atomic E-state index is 10.8. The van der Waals surface area contributed by atoms with Crippen LogP contribution in [0.2, 0.25) is 0 Å². The standard InChI is InChI=1S/C7H18NO2PS/c1-4-8(5-2)6-7-12-11(3,9)10/h4-7H2,1-3H3,(H,9,10)/p-1. The van der Waals surface area contributed by atoms with Gasteiger partial charge in [0.15, 0.2) is 0 Å². The zero-order valence-electron chi connectivity index (χ0n) is 7.95.